The van der Waals surface area contributed by atoms with Gasteiger partial charge in [-0.15, -0.1) is 0 Å². The standard InChI is InChI=1S/C23H20BrFN2O3/c1-15(16-8-2-4-10-18(16)24)26-23(29)17-9-3-7-13-21(17)30-14-22(28)27-20-12-6-5-11-19(20)25/h2-13,15H,14H2,1H3,(H,26,29)(H,27,28). The molecule has 3 aromatic rings. The Labute approximate surface area is 182 Å². The van der Waals surface area contributed by atoms with Crippen LogP contribution in [0.15, 0.2) is 77.3 Å². The van der Waals surface area contributed by atoms with Crippen LogP contribution in [0.2, 0.25) is 0 Å². The molecule has 0 radical (unpaired) electrons. The zero-order valence-electron chi connectivity index (χ0n) is 16.2. The predicted octanol–water partition coefficient (Wildman–Crippen LogP) is 5.10. The Hall–Kier alpha value is -3.19. The van der Waals surface area contributed by atoms with Crippen LogP contribution in [0, 0.1) is 5.82 Å². The van der Waals surface area contributed by atoms with Crippen LogP contribution < -0.4 is 15.4 Å². The number of rotatable bonds is 7. The van der Waals surface area contributed by atoms with Gasteiger partial charge in [0.25, 0.3) is 11.8 Å². The van der Waals surface area contributed by atoms with E-state index in [1.54, 1.807) is 30.3 Å². The monoisotopic (exact) mass is 470 g/mol. The van der Waals surface area contributed by atoms with Crippen LogP contribution in [0.3, 0.4) is 0 Å². The molecular weight excluding hydrogens is 451 g/mol. The van der Waals surface area contributed by atoms with Gasteiger partial charge in [-0.3, -0.25) is 9.59 Å². The molecule has 30 heavy (non-hydrogen) atoms. The maximum Gasteiger partial charge on any atom is 0.262 e. The quantitative estimate of drug-likeness (QED) is 0.504. The van der Waals surface area contributed by atoms with E-state index in [-0.39, 0.29) is 30.0 Å². The van der Waals surface area contributed by atoms with E-state index in [1.807, 2.05) is 31.2 Å². The highest BCUT2D eigenvalue weighted by Gasteiger charge is 2.17. The first-order valence-corrected chi connectivity index (χ1v) is 10.1. The molecule has 2 N–H and O–H groups in total. The number of hydrogen-bond donors (Lipinski definition) is 2. The molecule has 0 bridgehead atoms. The minimum absolute atomic E-state index is 0.0689. The molecule has 0 saturated heterocycles. The predicted molar refractivity (Wildman–Crippen MR) is 117 cm³/mol. The number of halogens is 2. The van der Waals surface area contributed by atoms with Gasteiger partial charge in [-0.25, -0.2) is 4.39 Å². The summed E-state index contributed by atoms with van der Waals surface area (Å²) in [5, 5.41) is 5.37. The normalized spacial score (nSPS) is 11.4. The lowest BCUT2D eigenvalue weighted by Gasteiger charge is -2.17. The largest absolute Gasteiger partial charge is 0.483 e. The van der Waals surface area contributed by atoms with Gasteiger partial charge in [-0.05, 0) is 42.8 Å². The maximum absolute atomic E-state index is 13.7. The van der Waals surface area contributed by atoms with Gasteiger partial charge >= 0.3 is 0 Å². The molecule has 3 rings (SSSR count). The highest BCUT2D eigenvalue weighted by atomic mass is 79.9. The van der Waals surface area contributed by atoms with E-state index in [0.717, 1.165) is 10.0 Å². The van der Waals surface area contributed by atoms with Crippen LogP contribution in [0.1, 0.15) is 28.9 Å². The van der Waals surface area contributed by atoms with Crippen LogP contribution in [0.5, 0.6) is 5.75 Å². The van der Waals surface area contributed by atoms with Crippen molar-refractivity contribution >= 4 is 33.4 Å². The first kappa shape index (κ1) is 21.5. The van der Waals surface area contributed by atoms with Gasteiger partial charge < -0.3 is 15.4 Å². The first-order chi connectivity index (χ1) is 14.5. The van der Waals surface area contributed by atoms with E-state index in [1.165, 1.54) is 18.2 Å². The number of hydrogen-bond acceptors (Lipinski definition) is 3. The summed E-state index contributed by atoms with van der Waals surface area (Å²) in [6.45, 7) is 1.52. The minimum Gasteiger partial charge on any atom is -0.483 e. The summed E-state index contributed by atoms with van der Waals surface area (Å²) in [4.78, 5) is 24.9. The lowest BCUT2D eigenvalue weighted by atomic mass is 10.1. The lowest BCUT2D eigenvalue weighted by molar-refractivity contribution is -0.118. The molecule has 5 nitrogen and oxygen atoms in total. The molecule has 0 aliphatic rings. The molecule has 154 valence electrons. The number of carbonyl (C=O) groups is 2. The second kappa shape index (κ2) is 10.0. The summed E-state index contributed by atoms with van der Waals surface area (Å²) in [6, 6.07) is 19.9. The first-order valence-electron chi connectivity index (χ1n) is 9.27. The van der Waals surface area contributed by atoms with E-state index < -0.39 is 11.7 Å². The second-order valence-electron chi connectivity index (χ2n) is 6.53. The number of ether oxygens (including phenoxy) is 1. The third-order valence-corrected chi connectivity index (χ3v) is 5.08. The number of nitrogens with one attached hydrogen (secondary N) is 2. The molecule has 7 heteroatoms. The van der Waals surface area contributed by atoms with Crippen LogP contribution in [-0.4, -0.2) is 18.4 Å². The van der Waals surface area contributed by atoms with E-state index >= 15 is 0 Å². The van der Waals surface area contributed by atoms with Crippen molar-refractivity contribution in [2.75, 3.05) is 11.9 Å². The number of benzene rings is 3. The molecule has 0 saturated carbocycles. The van der Waals surface area contributed by atoms with Crippen LogP contribution in [0.4, 0.5) is 10.1 Å². The van der Waals surface area contributed by atoms with Crippen molar-refractivity contribution in [3.05, 3.63) is 94.2 Å². The number of para-hydroxylation sites is 2. The molecule has 2 amide bonds. The van der Waals surface area contributed by atoms with E-state index in [4.69, 9.17) is 4.74 Å². The van der Waals surface area contributed by atoms with Crippen LogP contribution in [0.25, 0.3) is 0 Å². The summed E-state index contributed by atoms with van der Waals surface area (Å²) in [5.41, 5.74) is 1.31. The van der Waals surface area contributed by atoms with E-state index in [9.17, 15) is 14.0 Å². The second-order valence-corrected chi connectivity index (χ2v) is 7.38. The fourth-order valence-corrected chi connectivity index (χ4v) is 3.48. The highest BCUT2D eigenvalue weighted by Crippen LogP contribution is 2.24. The fourth-order valence-electron chi connectivity index (χ4n) is 2.85. The van der Waals surface area contributed by atoms with Gasteiger partial charge in [0.15, 0.2) is 6.61 Å². The zero-order chi connectivity index (χ0) is 21.5. The number of carbonyl (C=O) groups excluding carboxylic acids is 2. The van der Waals surface area contributed by atoms with Crippen molar-refractivity contribution in [1.29, 1.82) is 0 Å². The molecule has 1 atom stereocenters. The average molecular weight is 471 g/mol. The van der Waals surface area contributed by atoms with Gasteiger partial charge in [-0.1, -0.05) is 58.4 Å². The minimum atomic E-state index is -0.535. The van der Waals surface area contributed by atoms with Crippen molar-refractivity contribution in [3.8, 4) is 5.75 Å². The van der Waals surface area contributed by atoms with Crippen molar-refractivity contribution < 1.29 is 18.7 Å². The van der Waals surface area contributed by atoms with Gasteiger partial charge in [0.1, 0.15) is 11.6 Å². The fraction of sp³-hybridized carbons (Fsp3) is 0.130. The van der Waals surface area contributed by atoms with Crippen molar-refractivity contribution in [3.63, 3.8) is 0 Å². The Morgan fingerprint density at radius 3 is 2.43 bits per heavy atom. The van der Waals surface area contributed by atoms with E-state index in [2.05, 4.69) is 26.6 Å². The van der Waals surface area contributed by atoms with Gasteiger partial charge in [-0.2, -0.15) is 0 Å². The number of anilines is 1. The summed E-state index contributed by atoms with van der Waals surface area (Å²) in [5.74, 6) is -1.13. The molecule has 0 spiro atoms. The van der Waals surface area contributed by atoms with Crippen LogP contribution in [-0.2, 0) is 4.79 Å². The molecule has 3 aromatic carbocycles. The molecule has 0 aliphatic heterocycles. The highest BCUT2D eigenvalue weighted by molar-refractivity contribution is 9.10. The lowest BCUT2D eigenvalue weighted by Crippen LogP contribution is -2.28. The van der Waals surface area contributed by atoms with Crippen molar-refractivity contribution in [2.45, 2.75) is 13.0 Å². The van der Waals surface area contributed by atoms with Gasteiger partial charge in [0, 0.05) is 4.47 Å². The smallest absolute Gasteiger partial charge is 0.262 e. The SMILES string of the molecule is CC(NC(=O)c1ccccc1OCC(=O)Nc1ccccc1F)c1ccccc1Br. The molecule has 0 heterocycles. The molecule has 1 unspecified atom stereocenters. The van der Waals surface area contributed by atoms with Crippen LogP contribution >= 0.6 is 15.9 Å². The topological polar surface area (TPSA) is 67.4 Å². The summed E-state index contributed by atoms with van der Waals surface area (Å²) in [6.07, 6.45) is 0. The Morgan fingerprint density at radius 2 is 1.67 bits per heavy atom. The molecule has 0 aromatic heterocycles. The van der Waals surface area contributed by atoms with Crippen molar-refractivity contribution in [2.24, 2.45) is 0 Å². The maximum atomic E-state index is 13.7. The Morgan fingerprint density at radius 1 is 1.00 bits per heavy atom. The third-order valence-electron chi connectivity index (χ3n) is 4.36. The van der Waals surface area contributed by atoms with E-state index in [0.29, 0.717) is 5.56 Å². The summed E-state index contributed by atoms with van der Waals surface area (Å²) < 4.78 is 20.1. The Balaban J connectivity index is 1.65. The molecule has 0 fully saturated rings. The number of amides is 2. The molecular formula is C23H20BrFN2O3. The summed E-state index contributed by atoms with van der Waals surface area (Å²) in [7, 11) is 0. The van der Waals surface area contributed by atoms with Gasteiger partial charge in [0.05, 0.1) is 17.3 Å². The van der Waals surface area contributed by atoms with Gasteiger partial charge in [0.2, 0.25) is 0 Å². The Bertz CT molecular complexity index is 1060. The third kappa shape index (κ3) is 5.45. The summed E-state index contributed by atoms with van der Waals surface area (Å²) >= 11 is 3.48. The zero-order valence-corrected chi connectivity index (χ0v) is 17.8. The molecule has 0 aliphatic carbocycles. The average Bonchev–Trinajstić information content (AvgIpc) is 2.74. The Kier molecular flexibility index (Phi) is 7.19. The van der Waals surface area contributed by atoms with Crippen molar-refractivity contribution in [1.82, 2.24) is 5.32 Å².